The molecule has 0 unspecified atom stereocenters. The molecule has 0 radical (unpaired) electrons. The monoisotopic (exact) mass is 458 g/mol. The van der Waals surface area contributed by atoms with Crippen molar-refractivity contribution in [1.29, 1.82) is 0 Å². The number of amides is 2. The molecular weight excluding hydrogens is 436 g/mol. The molecule has 9 nitrogen and oxygen atoms in total. The van der Waals surface area contributed by atoms with Crippen LogP contribution >= 0.6 is 22.7 Å². The number of rotatable bonds is 8. The van der Waals surface area contributed by atoms with Gasteiger partial charge < -0.3 is 15.7 Å². The van der Waals surface area contributed by atoms with Gasteiger partial charge in [0, 0.05) is 11.8 Å². The highest BCUT2D eigenvalue weighted by Crippen LogP contribution is 2.43. The molecule has 3 N–H and O–H groups in total. The van der Waals surface area contributed by atoms with Crippen LogP contribution in [0.3, 0.4) is 0 Å². The second-order valence-corrected chi connectivity index (χ2v) is 9.43. The number of aromatic nitrogens is 4. The van der Waals surface area contributed by atoms with E-state index < -0.39 is 0 Å². The summed E-state index contributed by atoms with van der Waals surface area (Å²) in [6.45, 7) is -0.0520. The summed E-state index contributed by atoms with van der Waals surface area (Å²) in [7, 11) is 0. The van der Waals surface area contributed by atoms with Crippen LogP contribution in [0.1, 0.15) is 58.7 Å². The van der Waals surface area contributed by atoms with Crippen LogP contribution in [0.2, 0.25) is 0 Å². The van der Waals surface area contributed by atoms with E-state index in [1.807, 2.05) is 24.3 Å². The zero-order valence-corrected chi connectivity index (χ0v) is 18.3. The van der Waals surface area contributed by atoms with Gasteiger partial charge in [0.15, 0.2) is 0 Å². The van der Waals surface area contributed by atoms with Gasteiger partial charge in [-0.1, -0.05) is 53.4 Å². The van der Waals surface area contributed by atoms with E-state index in [0.717, 1.165) is 46.8 Å². The fourth-order valence-electron chi connectivity index (χ4n) is 3.78. The Bertz CT molecular complexity index is 1050. The molecular formula is C20H22N6O3S2. The summed E-state index contributed by atoms with van der Waals surface area (Å²) < 4.78 is 0. The average molecular weight is 459 g/mol. The van der Waals surface area contributed by atoms with Gasteiger partial charge in [0.1, 0.15) is 10.0 Å². The number of carbonyl (C=O) groups excluding carboxylic acids is 2. The van der Waals surface area contributed by atoms with Crippen molar-refractivity contribution in [2.24, 2.45) is 0 Å². The van der Waals surface area contributed by atoms with Gasteiger partial charge >= 0.3 is 0 Å². The van der Waals surface area contributed by atoms with Gasteiger partial charge in [-0.25, -0.2) is 0 Å². The molecule has 1 aliphatic carbocycles. The highest BCUT2D eigenvalue weighted by Gasteiger charge is 2.29. The highest BCUT2D eigenvalue weighted by atomic mass is 32.1. The Hall–Kier alpha value is -2.76. The summed E-state index contributed by atoms with van der Waals surface area (Å²) in [6, 6.07) is 7.32. The predicted octanol–water partition coefficient (Wildman–Crippen LogP) is 3.07. The van der Waals surface area contributed by atoms with Crippen LogP contribution < -0.4 is 10.6 Å². The van der Waals surface area contributed by atoms with Crippen LogP contribution in [0.15, 0.2) is 24.3 Å². The fraction of sp³-hybridized carbons (Fsp3) is 0.400. The second kappa shape index (κ2) is 10.0. The molecule has 11 heteroatoms. The highest BCUT2D eigenvalue weighted by molar-refractivity contribution is 7.15. The van der Waals surface area contributed by atoms with Crippen molar-refractivity contribution in [1.82, 2.24) is 20.4 Å². The Labute approximate surface area is 187 Å². The third kappa shape index (κ3) is 5.49. The standard InChI is InChI=1S/C20H22N6O3S2/c27-10-13-4-1-3-12(7-13)8-16(29)22-20-26-24-18(31-20)15-6-2-5-14(9-15)17-23-25-19(30-17)21-11-28/h1,3-4,7,11,14-15,27H,2,5-6,8-10H2,(H,21,25,28)(H,22,26,29)/t14-,15-/m0/s1. The first kappa shape index (κ1) is 21.5. The van der Waals surface area contributed by atoms with E-state index in [9.17, 15) is 14.7 Å². The Kier molecular flexibility index (Phi) is 6.95. The Morgan fingerprint density at radius 3 is 2.45 bits per heavy atom. The van der Waals surface area contributed by atoms with Crippen LogP contribution in [-0.4, -0.2) is 37.8 Å². The minimum atomic E-state index is -0.164. The third-order valence-electron chi connectivity index (χ3n) is 5.22. The van der Waals surface area contributed by atoms with Crippen LogP contribution in [0.25, 0.3) is 0 Å². The normalized spacial score (nSPS) is 18.5. The molecule has 0 aliphatic heterocycles. The van der Waals surface area contributed by atoms with Gasteiger partial charge in [-0.2, -0.15) is 0 Å². The van der Waals surface area contributed by atoms with Crippen LogP contribution in [0.5, 0.6) is 0 Å². The quantitative estimate of drug-likeness (QED) is 0.442. The lowest BCUT2D eigenvalue weighted by Gasteiger charge is -2.25. The van der Waals surface area contributed by atoms with Crippen LogP contribution in [0, 0.1) is 0 Å². The molecule has 0 bridgehead atoms. The van der Waals surface area contributed by atoms with Crippen molar-refractivity contribution in [2.75, 3.05) is 10.6 Å². The van der Waals surface area contributed by atoms with Gasteiger partial charge in [0.2, 0.25) is 22.6 Å². The van der Waals surface area contributed by atoms with Gasteiger partial charge in [-0.05, 0) is 30.4 Å². The molecule has 2 atom stereocenters. The lowest BCUT2D eigenvalue weighted by molar-refractivity contribution is -0.115. The van der Waals surface area contributed by atoms with Crippen molar-refractivity contribution >= 4 is 45.3 Å². The Morgan fingerprint density at radius 2 is 1.74 bits per heavy atom. The van der Waals surface area contributed by atoms with Crippen LogP contribution in [0.4, 0.5) is 10.3 Å². The minimum absolute atomic E-state index is 0.0520. The largest absolute Gasteiger partial charge is 0.392 e. The number of hydrogen-bond acceptors (Lipinski definition) is 9. The zero-order chi connectivity index (χ0) is 21.6. The van der Waals surface area contributed by atoms with Crippen LogP contribution in [-0.2, 0) is 22.6 Å². The predicted molar refractivity (Wildman–Crippen MR) is 118 cm³/mol. The maximum atomic E-state index is 12.4. The summed E-state index contributed by atoms with van der Waals surface area (Å²) >= 11 is 2.82. The van der Waals surface area contributed by atoms with Crippen molar-refractivity contribution in [2.45, 2.75) is 50.5 Å². The van der Waals surface area contributed by atoms with Gasteiger partial charge in [-0.15, -0.1) is 20.4 Å². The molecule has 1 aromatic carbocycles. The average Bonchev–Trinajstić information content (AvgIpc) is 3.44. The minimum Gasteiger partial charge on any atom is -0.392 e. The first-order valence-electron chi connectivity index (χ1n) is 10.00. The molecule has 1 saturated carbocycles. The van der Waals surface area contributed by atoms with E-state index in [4.69, 9.17) is 0 Å². The van der Waals surface area contributed by atoms with Crippen molar-refractivity contribution in [3.63, 3.8) is 0 Å². The molecule has 4 rings (SSSR count). The Balaban J connectivity index is 1.36. The lowest BCUT2D eigenvalue weighted by atomic mass is 9.82. The number of nitrogens with zero attached hydrogens (tertiary/aromatic N) is 4. The van der Waals surface area contributed by atoms with E-state index in [-0.39, 0.29) is 30.8 Å². The maximum Gasteiger partial charge on any atom is 0.230 e. The molecule has 1 aliphatic rings. The number of benzene rings is 1. The zero-order valence-electron chi connectivity index (χ0n) is 16.7. The molecule has 0 spiro atoms. The van der Waals surface area contributed by atoms with E-state index >= 15 is 0 Å². The molecule has 2 amide bonds. The number of hydrogen-bond donors (Lipinski definition) is 3. The smallest absolute Gasteiger partial charge is 0.230 e. The molecule has 0 saturated heterocycles. The summed E-state index contributed by atoms with van der Waals surface area (Å²) in [6.07, 6.45) is 4.81. The maximum absolute atomic E-state index is 12.4. The first-order valence-corrected chi connectivity index (χ1v) is 11.6. The van der Waals surface area contributed by atoms with Gasteiger partial charge in [-0.3, -0.25) is 9.59 Å². The van der Waals surface area contributed by atoms with E-state index in [1.54, 1.807) is 0 Å². The third-order valence-corrected chi connectivity index (χ3v) is 7.24. The number of carbonyl (C=O) groups is 2. The van der Waals surface area contributed by atoms with E-state index in [1.165, 1.54) is 22.7 Å². The Morgan fingerprint density at radius 1 is 1.06 bits per heavy atom. The lowest BCUT2D eigenvalue weighted by Crippen LogP contribution is -2.14. The second-order valence-electron chi connectivity index (χ2n) is 7.42. The van der Waals surface area contributed by atoms with Crippen molar-refractivity contribution in [3.05, 3.63) is 45.4 Å². The van der Waals surface area contributed by atoms with Crippen molar-refractivity contribution in [3.8, 4) is 0 Å². The molecule has 2 heterocycles. The molecule has 31 heavy (non-hydrogen) atoms. The fourth-order valence-corrected chi connectivity index (χ4v) is 5.54. The first-order chi connectivity index (χ1) is 15.1. The molecule has 162 valence electrons. The number of aliphatic hydroxyl groups is 1. The summed E-state index contributed by atoms with van der Waals surface area (Å²) in [5.41, 5.74) is 1.62. The number of aliphatic hydroxyl groups excluding tert-OH is 1. The van der Waals surface area contributed by atoms with Gasteiger partial charge in [0.05, 0.1) is 13.0 Å². The number of nitrogens with one attached hydrogen (secondary N) is 2. The molecule has 1 fully saturated rings. The van der Waals surface area contributed by atoms with Gasteiger partial charge in [0.25, 0.3) is 0 Å². The number of anilines is 2. The summed E-state index contributed by atoms with van der Waals surface area (Å²) in [5, 5.41) is 34.2. The van der Waals surface area contributed by atoms with Crippen molar-refractivity contribution < 1.29 is 14.7 Å². The topological polar surface area (TPSA) is 130 Å². The van der Waals surface area contributed by atoms with E-state index in [2.05, 4.69) is 31.0 Å². The molecule has 3 aromatic rings. The SMILES string of the molecule is O=CNc1nnc([C@H]2CCC[C@H](c3nnc(NC(=O)Cc4cccc(CO)c4)s3)C2)s1. The molecule has 2 aromatic heterocycles. The summed E-state index contributed by atoms with van der Waals surface area (Å²) in [5.74, 6) is 0.372. The van der Waals surface area contributed by atoms with E-state index in [0.29, 0.717) is 16.7 Å². The summed E-state index contributed by atoms with van der Waals surface area (Å²) in [4.78, 5) is 23.0.